The highest BCUT2D eigenvalue weighted by Crippen LogP contribution is 2.44. The normalized spacial score (nSPS) is 20.6. The third-order valence-electron chi connectivity index (χ3n) is 3.18. The highest BCUT2D eigenvalue weighted by atomic mass is 31.1. The minimum absolute atomic E-state index is 0.0444. The second-order valence-electron chi connectivity index (χ2n) is 4.33. The molecule has 0 aromatic heterocycles. The van der Waals surface area contributed by atoms with Gasteiger partial charge in [-0.2, -0.15) is 0 Å². The lowest BCUT2D eigenvalue weighted by Gasteiger charge is -2.25. The summed E-state index contributed by atoms with van der Waals surface area (Å²) in [5.74, 6) is -1.10. The third-order valence-corrected chi connectivity index (χ3v) is 4.01. The van der Waals surface area contributed by atoms with Crippen LogP contribution in [0.3, 0.4) is 0 Å². The van der Waals surface area contributed by atoms with Crippen molar-refractivity contribution >= 4 is 19.3 Å². The average molecular weight is 255 g/mol. The van der Waals surface area contributed by atoms with E-state index in [9.17, 15) is 14.5 Å². The predicted molar refractivity (Wildman–Crippen MR) is 63.5 cm³/mol. The number of rotatable bonds is 4. The SMILES string of the molecule is NC(C(=O)O)(c1ccc([PH](=O)O)cc1)C1CC1. The van der Waals surface area contributed by atoms with Gasteiger partial charge in [-0.25, -0.2) is 4.79 Å². The molecular formula is C11H14NO4P. The van der Waals surface area contributed by atoms with Gasteiger partial charge in [-0.3, -0.25) is 4.57 Å². The van der Waals surface area contributed by atoms with Crippen LogP contribution in [0.5, 0.6) is 0 Å². The molecule has 1 aliphatic carbocycles. The van der Waals surface area contributed by atoms with Gasteiger partial charge in [0.25, 0.3) is 0 Å². The fourth-order valence-electron chi connectivity index (χ4n) is 1.96. The molecule has 17 heavy (non-hydrogen) atoms. The molecule has 0 aliphatic heterocycles. The highest BCUT2D eigenvalue weighted by molar-refractivity contribution is 7.47. The van der Waals surface area contributed by atoms with Crippen molar-refractivity contribution in [1.29, 1.82) is 0 Å². The first-order chi connectivity index (χ1) is 7.96. The van der Waals surface area contributed by atoms with E-state index in [2.05, 4.69) is 0 Å². The second-order valence-corrected chi connectivity index (χ2v) is 5.52. The van der Waals surface area contributed by atoms with E-state index in [0.29, 0.717) is 10.9 Å². The standard InChI is InChI=1S/C11H14NO4P/c12-11(10(13)14,7-1-2-7)8-3-5-9(6-4-8)17(15)16/h3-7,17H,1-2,12H2,(H,13,14)(H,15,16). The third kappa shape index (κ3) is 2.14. The molecule has 2 rings (SSSR count). The molecule has 4 N–H and O–H groups in total. The van der Waals surface area contributed by atoms with E-state index in [1.165, 1.54) is 24.3 Å². The Kier molecular flexibility index (Phi) is 3.08. The van der Waals surface area contributed by atoms with E-state index in [-0.39, 0.29) is 5.92 Å². The predicted octanol–water partition coefficient (Wildman–Crippen LogP) is 0.427. The summed E-state index contributed by atoms with van der Waals surface area (Å²) in [4.78, 5) is 20.2. The van der Waals surface area contributed by atoms with E-state index >= 15 is 0 Å². The molecule has 92 valence electrons. The van der Waals surface area contributed by atoms with Crippen LogP contribution in [0.1, 0.15) is 18.4 Å². The summed E-state index contributed by atoms with van der Waals surface area (Å²) in [5.41, 5.74) is 5.08. The van der Waals surface area contributed by atoms with E-state index < -0.39 is 19.5 Å². The van der Waals surface area contributed by atoms with Gasteiger partial charge in [0.1, 0.15) is 5.54 Å². The lowest BCUT2D eigenvalue weighted by Crippen LogP contribution is -2.47. The van der Waals surface area contributed by atoms with Crippen LogP contribution >= 0.6 is 8.03 Å². The van der Waals surface area contributed by atoms with Crippen molar-refractivity contribution in [3.05, 3.63) is 29.8 Å². The summed E-state index contributed by atoms with van der Waals surface area (Å²) < 4.78 is 10.9. The molecule has 1 aliphatic rings. The molecule has 0 heterocycles. The first kappa shape index (κ1) is 12.3. The summed E-state index contributed by atoms with van der Waals surface area (Å²) in [6, 6.07) is 5.98. The zero-order valence-electron chi connectivity index (χ0n) is 9.09. The maximum absolute atomic E-state index is 11.3. The number of nitrogens with two attached hydrogens (primary N) is 1. The van der Waals surface area contributed by atoms with Gasteiger partial charge in [-0.1, -0.05) is 12.1 Å². The zero-order valence-corrected chi connectivity index (χ0v) is 10.1. The number of hydrogen-bond donors (Lipinski definition) is 3. The van der Waals surface area contributed by atoms with Crippen LogP contribution < -0.4 is 11.0 Å². The van der Waals surface area contributed by atoms with Gasteiger partial charge in [0, 0.05) is 5.30 Å². The van der Waals surface area contributed by atoms with Crippen LogP contribution in [-0.4, -0.2) is 16.0 Å². The molecule has 0 spiro atoms. The molecule has 0 saturated heterocycles. The second kappa shape index (κ2) is 4.26. The lowest BCUT2D eigenvalue weighted by molar-refractivity contribution is -0.144. The largest absolute Gasteiger partial charge is 0.480 e. The van der Waals surface area contributed by atoms with Gasteiger partial charge < -0.3 is 15.7 Å². The maximum Gasteiger partial charge on any atom is 0.328 e. The molecular weight excluding hydrogens is 241 g/mol. The van der Waals surface area contributed by atoms with Crippen molar-refractivity contribution in [2.24, 2.45) is 11.7 Å². The van der Waals surface area contributed by atoms with Crippen molar-refractivity contribution in [3.8, 4) is 0 Å². The number of benzene rings is 1. The molecule has 2 atom stereocenters. The summed E-state index contributed by atoms with van der Waals surface area (Å²) in [5, 5.41) is 9.55. The van der Waals surface area contributed by atoms with Crippen LogP contribution in [0.25, 0.3) is 0 Å². The van der Waals surface area contributed by atoms with Gasteiger partial charge >= 0.3 is 5.97 Å². The molecule has 1 fully saturated rings. The Hall–Kier alpha value is -1.16. The van der Waals surface area contributed by atoms with Gasteiger partial charge in [0.15, 0.2) is 0 Å². The summed E-state index contributed by atoms with van der Waals surface area (Å²) in [6.07, 6.45) is 1.61. The fourth-order valence-corrected chi connectivity index (χ4v) is 2.41. The smallest absolute Gasteiger partial charge is 0.328 e. The molecule has 0 radical (unpaired) electrons. The van der Waals surface area contributed by atoms with Crippen molar-refractivity contribution in [2.45, 2.75) is 18.4 Å². The van der Waals surface area contributed by atoms with Gasteiger partial charge in [0.05, 0.1) is 0 Å². The van der Waals surface area contributed by atoms with Crippen LogP contribution in [-0.2, 0) is 14.9 Å². The minimum atomic E-state index is -2.74. The quantitative estimate of drug-likeness (QED) is 0.677. The van der Waals surface area contributed by atoms with E-state index in [4.69, 9.17) is 10.6 Å². The molecule has 0 bridgehead atoms. The fraction of sp³-hybridized carbons (Fsp3) is 0.364. The number of carboxylic acids is 1. The van der Waals surface area contributed by atoms with Crippen LogP contribution in [0.4, 0.5) is 0 Å². The van der Waals surface area contributed by atoms with E-state index in [1.54, 1.807) is 0 Å². The summed E-state index contributed by atoms with van der Waals surface area (Å²) in [7, 11) is -2.74. The van der Waals surface area contributed by atoms with Crippen molar-refractivity contribution in [2.75, 3.05) is 0 Å². The number of aliphatic carboxylic acids is 1. The Morgan fingerprint density at radius 1 is 1.35 bits per heavy atom. The minimum Gasteiger partial charge on any atom is -0.480 e. The van der Waals surface area contributed by atoms with Crippen molar-refractivity contribution < 1.29 is 19.4 Å². The Morgan fingerprint density at radius 2 is 1.88 bits per heavy atom. The summed E-state index contributed by atoms with van der Waals surface area (Å²) >= 11 is 0. The van der Waals surface area contributed by atoms with Gasteiger partial charge in [-0.05, 0) is 36.5 Å². The van der Waals surface area contributed by atoms with E-state index in [1.807, 2.05) is 0 Å². The van der Waals surface area contributed by atoms with E-state index in [0.717, 1.165) is 12.8 Å². The molecule has 1 aromatic carbocycles. The maximum atomic E-state index is 11.3. The Bertz CT molecular complexity index is 469. The van der Waals surface area contributed by atoms with Crippen LogP contribution in [0, 0.1) is 5.92 Å². The lowest BCUT2D eigenvalue weighted by atomic mass is 9.86. The topological polar surface area (TPSA) is 101 Å². The molecule has 1 saturated carbocycles. The van der Waals surface area contributed by atoms with Crippen molar-refractivity contribution in [1.82, 2.24) is 0 Å². The Morgan fingerprint density at radius 3 is 2.24 bits per heavy atom. The van der Waals surface area contributed by atoms with Gasteiger partial charge in [0.2, 0.25) is 8.03 Å². The first-order valence-corrected chi connectivity index (χ1v) is 6.68. The molecule has 0 amide bonds. The Labute approximate surface area is 99.1 Å². The number of hydrogen-bond acceptors (Lipinski definition) is 3. The molecule has 5 nitrogen and oxygen atoms in total. The number of carbonyl (C=O) groups is 1. The number of carboxylic acid groups (broad SMARTS) is 1. The molecule has 6 heteroatoms. The zero-order chi connectivity index (χ0) is 12.6. The monoisotopic (exact) mass is 255 g/mol. The average Bonchev–Trinajstić information content (AvgIpc) is 3.12. The Balaban J connectivity index is 2.37. The van der Waals surface area contributed by atoms with Crippen molar-refractivity contribution in [3.63, 3.8) is 0 Å². The van der Waals surface area contributed by atoms with Gasteiger partial charge in [-0.15, -0.1) is 0 Å². The van der Waals surface area contributed by atoms with Crippen LogP contribution in [0.2, 0.25) is 0 Å². The molecule has 1 aromatic rings. The summed E-state index contributed by atoms with van der Waals surface area (Å²) in [6.45, 7) is 0. The first-order valence-electron chi connectivity index (χ1n) is 5.32. The highest BCUT2D eigenvalue weighted by Gasteiger charge is 2.49. The van der Waals surface area contributed by atoms with Crippen LogP contribution in [0.15, 0.2) is 24.3 Å². The molecule has 2 unspecified atom stereocenters.